The van der Waals surface area contributed by atoms with Crippen LogP contribution in [0.3, 0.4) is 0 Å². The Morgan fingerprint density at radius 1 is 1.53 bits per heavy atom. The highest BCUT2D eigenvalue weighted by molar-refractivity contribution is 7.99. The van der Waals surface area contributed by atoms with Crippen LogP contribution in [0.15, 0.2) is 0 Å². The van der Waals surface area contributed by atoms with Gasteiger partial charge in [0.1, 0.15) is 0 Å². The van der Waals surface area contributed by atoms with Crippen LogP contribution in [0, 0.1) is 5.92 Å². The molecule has 0 bridgehead atoms. The minimum absolute atomic E-state index is 0.0218. The first-order valence-electron chi connectivity index (χ1n) is 5.40. The van der Waals surface area contributed by atoms with E-state index >= 15 is 0 Å². The summed E-state index contributed by atoms with van der Waals surface area (Å²) in [5.74, 6) is 2.32. The predicted octanol–water partition coefficient (Wildman–Crippen LogP) is 0.0880. The smallest absolute Gasteiger partial charge is 0.239 e. The number of carbonyl (C=O) groups is 2. The summed E-state index contributed by atoms with van der Waals surface area (Å²) in [6, 6.07) is 0. The average Bonchev–Trinajstić information content (AvgIpc) is 2.67. The minimum atomic E-state index is -0.0218. The Labute approximate surface area is 93.8 Å². The summed E-state index contributed by atoms with van der Waals surface area (Å²) < 4.78 is 0. The maximum atomic E-state index is 12.0. The lowest BCUT2D eigenvalue weighted by molar-refractivity contribution is -0.138. The summed E-state index contributed by atoms with van der Waals surface area (Å²) in [5.41, 5.74) is 0. The SMILES string of the molecule is O=C1CN(C(=O)C2CCSC2)CCCN1. The number of amides is 2. The zero-order valence-electron chi connectivity index (χ0n) is 8.70. The summed E-state index contributed by atoms with van der Waals surface area (Å²) >= 11 is 1.83. The third kappa shape index (κ3) is 2.65. The van der Waals surface area contributed by atoms with Gasteiger partial charge in [-0.1, -0.05) is 0 Å². The van der Waals surface area contributed by atoms with Gasteiger partial charge in [0.05, 0.1) is 6.54 Å². The third-order valence-corrected chi connectivity index (χ3v) is 4.01. The molecule has 2 rings (SSSR count). The lowest BCUT2D eigenvalue weighted by atomic mass is 10.1. The molecule has 2 heterocycles. The first kappa shape index (κ1) is 10.8. The molecule has 0 aromatic rings. The van der Waals surface area contributed by atoms with Gasteiger partial charge in [-0.15, -0.1) is 0 Å². The second kappa shape index (κ2) is 4.88. The van der Waals surface area contributed by atoms with E-state index in [0.29, 0.717) is 6.54 Å². The molecule has 0 saturated carbocycles. The van der Waals surface area contributed by atoms with E-state index in [0.717, 1.165) is 30.9 Å². The van der Waals surface area contributed by atoms with Crippen LogP contribution in [0.5, 0.6) is 0 Å². The van der Waals surface area contributed by atoms with Gasteiger partial charge in [-0.25, -0.2) is 0 Å². The Hall–Kier alpha value is -0.710. The molecule has 0 aromatic heterocycles. The largest absolute Gasteiger partial charge is 0.354 e. The molecule has 2 saturated heterocycles. The van der Waals surface area contributed by atoms with Crippen LogP contribution in [0.4, 0.5) is 0 Å². The van der Waals surface area contributed by atoms with Gasteiger partial charge >= 0.3 is 0 Å². The van der Waals surface area contributed by atoms with Crippen LogP contribution < -0.4 is 5.32 Å². The van der Waals surface area contributed by atoms with Crippen molar-refractivity contribution in [3.8, 4) is 0 Å². The monoisotopic (exact) mass is 228 g/mol. The van der Waals surface area contributed by atoms with Crippen molar-refractivity contribution in [3.05, 3.63) is 0 Å². The van der Waals surface area contributed by atoms with Gasteiger partial charge in [0, 0.05) is 24.8 Å². The molecule has 0 aliphatic carbocycles. The van der Waals surface area contributed by atoms with Crippen molar-refractivity contribution in [1.29, 1.82) is 0 Å². The molecule has 4 nitrogen and oxygen atoms in total. The van der Waals surface area contributed by atoms with Crippen LogP contribution in [0.1, 0.15) is 12.8 Å². The Balaban J connectivity index is 1.95. The fourth-order valence-corrected chi connectivity index (χ4v) is 3.19. The molecule has 5 heteroatoms. The molecule has 1 atom stereocenters. The van der Waals surface area contributed by atoms with Gasteiger partial charge in [0.2, 0.25) is 11.8 Å². The molecular formula is C10H16N2O2S. The summed E-state index contributed by atoms with van der Waals surface area (Å²) in [4.78, 5) is 25.1. The molecule has 0 spiro atoms. The number of nitrogens with zero attached hydrogens (tertiary/aromatic N) is 1. The van der Waals surface area contributed by atoms with Crippen LogP contribution in [-0.2, 0) is 9.59 Å². The molecule has 84 valence electrons. The molecule has 15 heavy (non-hydrogen) atoms. The quantitative estimate of drug-likeness (QED) is 0.692. The maximum Gasteiger partial charge on any atom is 0.239 e. The Morgan fingerprint density at radius 2 is 2.40 bits per heavy atom. The molecular weight excluding hydrogens is 212 g/mol. The van der Waals surface area contributed by atoms with Crippen LogP contribution in [-0.4, -0.2) is 47.9 Å². The third-order valence-electron chi connectivity index (χ3n) is 2.85. The summed E-state index contributed by atoms with van der Waals surface area (Å²) in [7, 11) is 0. The van der Waals surface area contributed by atoms with E-state index in [9.17, 15) is 9.59 Å². The lowest BCUT2D eigenvalue weighted by Crippen LogP contribution is -2.40. The van der Waals surface area contributed by atoms with Gasteiger partial charge in [0.15, 0.2) is 0 Å². The predicted molar refractivity (Wildman–Crippen MR) is 59.6 cm³/mol. The first-order chi connectivity index (χ1) is 7.27. The Kier molecular flexibility index (Phi) is 3.51. The summed E-state index contributed by atoms with van der Waals surface area (Å²) in [5, 5.41) is 2.78. The van der Waals surface area contributed by atoms with Crippen molar-refractivity contribution in [2.45, 2.75) is 12.8 Å². The molecule has 0 radical (unpaired) electrons. The van der Waals surface area contributed by atoms with Gasteiger partial charge in [0.25, 0.3) is 0 Å². The molecule has 0 aromatic carbocycles. The van der Waals surface area contributed by atoms with Crippen molar-refractivity contribution in [2.75, 3.05) is 31.1 Å². The van der Waals surface area contributed by atoms with Crippen molar-refractivity contribution >= 4 is 23.6 Å². The highest BCUT2D eigenvalue weighted by atomic mass is 32.2. The fraction of sp³-hybridized carbons (Fsp3) is 0.800. The highest BCUT2D eigenvalue weighted by Gasteiger charge is 2.29. The van der Waals surface area contributed by atoms with Gasteiger partial charge < -0.3 is 10.2 Å². The van der Waals surface area contributed by atoms with E-state index in [2.05, 4.69) is 5.32 Å². The van der Waals surface area contributed by atoms with E-state index in [-0.39, 0.29) is 24.3 Å². The number of carbonyl (C=O) groups excluding carboxylic acids is 2. The number of nitrogens with one attached hydrogen (secondary N) is 1. The molecule has 2 aliphatic heterocycles. The van der Waals surface area contributed by atoms with Crippen molar-refractivity contribution in [3.63, 3.8) is 0 Å². The molecule has 1 N–H and O–H groups in total. The van der Waals surface area contributed by atoms with E-state index in [4.69, 9.17) is 0 Å². The van der Waals surface area contributed by atoms with Crippen LogP contribution in [0.25, 0.3) is 0 Å². The summed E-state index contributed by atoms with van der Waals surface area (Å²) in [6.45, 7) is 1.67. The summed E-state index contributed by atoms with van der Waals surface area (Å²) in [6.07, 6.45) is 1.85. The highest BCUT2D eigenvalue weighted by Crippen LogP contribution is 2.25. The Morgan fingerprint density at radius 3 is 3.13 bits per heavy atom. The van der Waals surface area contributed by atoms with E-state index in [1.54, 1.807) is 4.90 Å². The van der Waals surface area contributed by atoms with Crippen molar-refractivity contribution in [1.82, 2.24) is 10.2 Å². The fourth-order valence-electron chi connectivity index (χ4n) is 1.98. The second-order valence-corrected chi connectivity index (χ2v) is 5.17. The molecule has 2 aliphatic rings. The zero-order chi connectivity index (χ0) is 10.7. The first-order valence-corrected chi connectivity index (χ1v) is 6.56. The maximum absolute atomic E-state index is 12.0. The van der Waals surface area contributed by atoms with E-state index in [1.807, 2.05) is 11.8 Å². The Bertz CT molecular complexity index is 264. The number of hydrogen-bond acceptors (Lipinski definition) is 3. The van der Waals surface area contributed by atoms with Gasteiger partial charge in [-0.05, 0) is 18.6 Å². The molecule has 2 amide bonds. The molecule has 2 fully saturated rings. The van der Waals surface area contributed by atoms with E-state index in [1.165, 1.54) is 0 Å². The molecule has 1 unspecified atom stereocenters. The van der Waals surface area contributed by atoms with Crippen molar-refractivity contribution in [2.24, 2.45) is 5.92 Å². The van der Waals surface area contributed by atoms with Gasteiger partial charge in [-0.2, -0.15) is 11.8 Å². The average molecular weight is 228 g/mol. The normalized spacial score (nSPS) is 27.3. The van der Waals surface area contributed by atoms with Crippen molar-refractivity contribution < 1.29 is 9.59 Å². The van der Waals surface area contributed by atoms with Crippen LogP contribution in [0.2, 0.25) is 0 Å². The number of rotatable bonds is 1. The topological polar surface area (TPSA) is 49.4 Å². The van der Waals surface area contributed by atoms with Crippen LogP contribution >= 0.6 is 11.8 Å². The zero-order valence-corrected chi connectivity index (χ0v) is 9.52. The minimum Gasteiger partial charge on any atom is -0.354 e. The second-order valence-electron chi connectivity index (χ2n) is 4.02. The number of hydrogen-bond donors (Lipinski definition) is 1. The lowest BCUT2D eigenvalue weighted by Gasteiger charge is -2.22. The standard InChI is InChI=1S/C10H16N2O2S/c13-9-6-12(4-1-3-11-9)10(14)8-2-5-15-7-8/h8H,1-7H2,(H,11,13). The van der Waals surface area contributed by atoms with Gasteiger partial charge in [-0.3, -0.25) is 9.59 Å². The van der Waals surface area contributed by atoms with E-state index < -0.39 is 0 Å². The number of thioether (sulfide) groups is 1.